The highest BCUT2D eigenvalue weighted by Gasteiger charge is 2.37. The molecule has 0 atom stereocenters. The largest absolute Gasteiger partial charge is 0.451 e. The molecule has 0 saturated heterocycles. The molecule has 1 heterocycles. The van der Waals surface area contributed by atoms with Gasteiger partial charge in [0.05, 0.1) is 5.54 Å². The van der Waals surface area contributed by atoms with Crippen LogP contribution in [0.5, 0.6) is 0 Å². The van der Waals surface area contributed by atoms with Gasteiger partial charge in [0.2, 0.25) is 0 Å². The molecule has 0 unspecified atom stereocenters. The Morgan fingerprint density at radius 3 is 2.78 bits per heavy atom. The monoisotopic (exact) mass is 307 g/mol. The summed E-state index contributed by atoms with van der Waals surface area (Å²) in [6.45, 7) is 0. The van der Waals surface area contributed by atoms with Crippen LogP contribution in [0.4, 0.5) is 0 Å². The Hall–Kier alpha value is -1.29. The molecule has 18 heavy (non-hydrogen) atoms. The molecule has 0 bridgehead atoms. The summed E-state index contributed by atoms with van der Waals surface area (Å²) in [6.07, 6.45) is 3.24. The third kappa shape index (κ3) is 1.94. The SMILES string of the molecule is O=C(NC1(CBr)CCC1)c1cc2ccccc2o1. The van der Waals surface area contributed by atoms with Crippen molar-refractivity contribution in [3.8, 4) is 0 Å². The zero-order valence-electron chi connectivity index (χ0n) is 9.91. The van der Waals surface area contributed by atoms with Crippen LogP contribution in [-0.4, -0.2) is 16.8 Å². The number of halogens is 1. The maximum atomic E-state index is 12.2. The smallest absolute Gasteiger partial charge is 0.287 e. The lowest BCUT2D eigenvalue weighted by Gasteiger charge is -2.40. The lowest BCUT2D eigenvalue weighted by atomic mass is 9.78. The molecule has 1 saturated carbocycles. The van der Waals surface area contributed by atoms with Gasteiger partial charge in [-0.3, -0.25) is 4.79 Å². The van der Waals surface area contributed by atoms with Gasteiger partial charge in [0.1, 0.15) is 5.58 Å². The highest BCUT2D eigenvalue weighted by molar-refractivity contribution is 9.09. The number of furan rings is 1. The quantitative estimate of drug-likeness (QED) is 0.882. The standard InChI is InChI=1S/C14H14BrNO2/c15-9-14(6-3-7-14)16-13(17)12-8-10-4-1-2-5-11(10)18-12/h1-2,4-5,8H,3,6-7,9H2,(H,16,17). The molecule has 1 amide bonds. The van der Waals surface area contributed by atoms with E-state index in [1.165, 1.54) is 6.42 Å². The van der Waals surface area contributed by atoms with Crippen molar-refractivity contribution in [1.29, 1.82) is 0 Å². The Labute approximate surface area is 114 Å². The van der Waals surface area contributed by atoms with Gasteiger partial charge in [-0.1, -0.05) is 34.1 Å². The number of amides is 1. The topological polar surface area (TPSA) is 42.2 Å². The van der Waals surface area contributed by atoms with Gasteiger partial charge >= 0.3 is 0 Å². The number of nitrogens with one attached hydrogen (secondary N) is 1. The number of alkyl halides is 1. The van der Waals surface area contributed by atoms with Crippen LogP contribution in [0.2, 0.25) is 0 Å². The van der Waals surface area contributed by atoms with E-state index in [1.54, 1.807) is 6.07 Å². The lowest BCUT2D eigenvalue weighted by Crippen LogP contribution is -2.54. The molecule has 3 rings (SSSR count). The first-order valence-corrected chi connectivity index (χ1v) is 7.22. The minimum Gasteiger partial charge on any atom is -0.451 e. The second-order valence-electron chi connectivity index (χ2n) is 4.87. The molecule has 94 valence electrons. The fourth-order valence-corrected chi connectivity index (χ4v) is 2.99. The van der Waals surface area contributed by atoms with Gasteiger partial charge in [0.15, 0.2) is 5.76 Å². The third-order valence-corrected chi connectivity index (χ3v) is 4.67. The van der Waals surface area contributed by atoms with Crippen LogP contribution in [0.15, 0.2) is 34.7 Å². The summed E-state index contributed by atoms with van der Waals surface area (Å²) < 4.78 is 5.56. The van der Waals surface area contributed by atoms with E-state index in [4.69, 9.17) is 4.42 Å². The van der Waals surface area contributed by atoms with Crippen LogP contribution in [0.25, 0.3) is 11.0 Å². The number of para-hydroxylation sites is 1. The molecule has 4 heteroatoms. The van der Waals surface area contributed by atoms with Crippen molar-refractivity contribution in [2.75, 3.05) is 5.33 Å². The van der Waals surface area contributed by atoms with Crippen molar-refractivity contribution < 1.29 is 9.21 Å². The number of carbonyl (C=O) groups excluding carboxylic acids is 1. The van der Waals surface area contributed by atoms with Crippen LogP contribution in [0.3, 0.4) is 0 Å². The van der Waals surface area contributed by atoms with Gasteiger partial charge in [-0.25, -0.2) is 0 Å². The van der Waals surface area contributed by atoms with Crippen molar-refractivity contribution in [3.05, 3.63) is 36.1 Å². The highest BCUT2D eigenvalue weighted by Crippen LogP contribution is 2.33. The normalized spacial score (nSPS) is 17.4. The van der Waals surface area contributed by atoms with E-state index in [0.29, 0.717) is 5.76 Å². The van der Waals surface area contributed by atoms with Crippen LogP contribution in [-0.2, 0) is 0 Å². The number of fused-ring (bicyclic) bond motifs is 1. The molecule has 1 aromatic carbocycles. The average molecular weight is 308 g/mol. The van der Waals surface area contributed by atoms with Gasteiger partial charge in [0, 0.05) is 10.7 Å². The molecule has 1 aliphatic carbocycles. The number of rotatable bonds is 3. The molecule has 3 nitrogen and oxygen atoms in total. The predicted octanol–water partition coefficient (Wildman–Crippen LogP) is 3.48. The first-order valence-electron chi connectivity index (χ1n) is 6.09. The van der Waals surface area contributed by atoms with Gasteiger partial charge in [0.25, 0.3) is 5.91 Å². The Morgan fingerprint density at radius 1 is 1.39 bits per heavy atom. The predicted molar refractivity (Wildman–Crippen MR) is 74.1 cm³/mol. The summed E-state index contributed by atoms with van der Waals surface area (Å²) in [4.78, 5) is 12.2. The van der Waals surface area contributed by atoms with Gasteiger partial charge in [-0.15, -0.1) is 0 Å². The first-order chi connectivity index (χ1) is 8.72. The minimum absolute atomic E-state index is 0.0734. The Kier molecular flexibility index (Phi) is 2.90. The van der Waals surface area contributed by atoms with Crippen molar-refractivity contribution >= 4 is 32.8 Å². The lowest BCUT2D eigenvalue weighted by molar-refractivity contribution is 0.0830. The molecule has 1 aromatic heterocycles. The summed E-state index contributed by atoms with van der Waals surface area (Å²) in [5, 5.41) is 4.84. The first kappa shape index (κ1) is 11.8. The molecule has 0 aliphatic heterocycles. The van der Waals surface area contributed by atoms with Gasteiger partial charge in [-0.05, 0) is 31.4 Å². The van der Waals surface area contributed by atoms with E-state index in [0.717, 1.165) is 29.1 Å². The van der Waals surface area contributed by atoms with E-state index in [-0.39, 0.29) is 11.4 Å². The van der Waals surface area contributed by atoms with Crippen molar-refractivity contribution in [2.24, 2.45) is 0 Å². The highest BCUT2D eigenvalue weighted by atomic mass is 79.9. The Bertz CT molecular complexity index is 548. The van der Waals surface area contributed by atoms with E-state index in [9.17, 15) is 4.79 Å². The zero-order valence-corrected chi connectivity index (χ0v) is 11.5. The van der Waals surface area contributed by atoms with E-state index >= 15 is 0 Å². The fourth-order valence-electron chi connectivity index (χ4n) is 2.29. The van der Waals surface area contributed by atoms with E-state index in [2.05, 4.69) is 21.2 Å². The van der Waals surface area contributed by atoms with E-state index in [1.807, 2.05) is 24.3 Å². The van der Waals surface area contributed by atoms with E-state index < -0.39 is 0 Å². The molecule has 1 fully saturated rings. The number of carbonyl (C=O) groups is 1. The van der Waals surface area contributed by atoms with Gasteiger partial charge < -0.3 is 9.73 Å². The summed E-state index contributed by atoms with van der Waals surface area (Å²) in [7, 11) is 0. The molecule has 2 aromatic rings. The Balaban J connectivity index is 1.83. The van der Waals surface area contributed by atoms with Crippen LogP contribution in [0, 0.1) is 0 Å². The van der Waals surface area contributed by atoms with Crippen LogP contribution in [0.1, 0.15) is 29.8 Å². The fraction of sp³-hybridized carbons (Fsp3) is 0.357. The molecule has 1 N–H and O–H groups in total. The summed E-state index contributed by atoms with van der Waals surface area (Å²) >= 11 is 3.47. The molecule has 0 spiro atoms. The van der Waals surface area contributed by atoms with Crippen molar-refractivity contribution in [3.63, 3.8) is 0 Å². The van der Waals surface area contributed by atoms with Gasteiger partial charge in [-0.2, -0.15) is 0 Å². The minimum atomic E-state index is -0.120. The van der Waals surface area contributed by atoms with Crippen molar-refractivity contribution in [1.82, 2.24) is 5.32 Å². The van der Waals surface area contributed by atoms with Crippen molar-refractivity contribution in [2.45, 2.75) is 24.8 Å². The summed E-state index contributed by atoms with van der Waals surface area (Å²) in [6, 6.07) is 9.45. The molecule has 1 aliphatic rings. The molecule has 0 radical (unpaired) electrons. The second-order valence-corrected chi connectivity index (χ2v) is 5.43. The maximum Gasteiger partial charge on any atom is 0.287 e. The number of benzene rings is 1. The van der Waals surface area contributed by atoms with Crippen LogP contribution < -0.4 is 5.32 Å². The number of hydrogen-bond donors (Lipinski definition) is 1. The molecular weight excluding hydrogens is 294 g/mol. The maximum absolute atomic E-state index is 12.2. The molecular formula is C14H14BrNO2. The average Bonchev–Trinajstić information content (AvgIpc) is 2.77. The van der Waals surface area contributed by atoms with Crippen LogP contribution >= 0.6 is 15.9 Å². The summed E-state index contributed by atoms with van der Waals surface area (Å²) in [5.74, 6) is 0.272. The second kappa shape index (κ2) is 4.43. The third-order valence-electron chi connectivity index (χ3n) is 3.59. The zero-order chi connectivity index (χ0) is 12.6. The summed E-state index contributed by atoms with van der Waals surface area (Å²) in [5.41, 5.74) is 0.680. The Morgan fingerprint density at radius 2 is 2.17 bits per heavy atom. The number of hydrogen-bond acceptors (Lipinski definition) is 2.